The highest BCUT2D eigenvalue weighted by atomic mass is 16.4. The molecule has 1 atom stereocenters. The van der Waals surface area contributed by atoms with Crippen molar-refractivity contribution in [2.45, 2.75) is 45.1 Å². The quantitative estimate of drug-likeness (QED) is 0.792. The number of carbonyl (C=O) groups is 2. The van der Waals surface area contributed by atoms with Gasteiger partial charge in [0.15, 0.2) is 0 Å². The number of nitrogens with one attached hydrogen (secondary N) is 1. The second-order valence-electron chi connectivity index (χ2n) is 5.09. The molecular weight excluding hydrogens is 246 g/mol. The summed E-state index contributed by atoms with van der Waals surface area (Å²) in [5.74, 6) is -0.286. The summed E-state index contributed by atoms with van der Waals surface area (Å²) in [5.41, 5.74) is 0.330. The fourth-order valence-electron chi connectivity index (χ4n) is 2.16. The van der Waals surface area contributed by atoms with Gasteiger partial charge in [-0.05, 0) is 24.8 Å². The first-order valence-corrected chi connectivity index (χ1v) is 6.69. The van der Waals surface area contributed by atoms with E-state index in [0.717, 1.165) is 18.8 Å². The number of aliphatic carboxylic acids is 1. The van der Waals surface area contributed by atoms with Gasteiger partial charge in [-0.2, -0.15) is 0 Å². The van der Waals surface area contributed by atoms with Crippen molar-refractivity contribution in [2.75, 3.05) is 0 Å². The number of carbonyl (C=O) groups excluding carboxylic acids is 1. The fourth-order valence-corrected chi connectivity index (χ4v) is 2.16. The van der Waals surface area contributed by atoms with Crippen LogP contribution in [0.15, 0.2) is 16.7 Å². The van der Waals surface area contributed by atoms with Gasteiger partial charge in [-0.3, -0.25) is 9.59 Å². The van der Waals surface area contributed by atoms with Crippen molar-refractivity contribution in [3.63, 3.8) is 0 Å². The van der Waals surface area contributed by atoms with Crippen LogP contribution >= 0.6 is 0 Å². The van der Waals surface area contributed by atoms with E-state index >= 15 is 0 Å². The van der Waals surface area contributed by atoms with Crippen molar-refractivity contribution in [1.29, 1.82) is 0 Å². The zero-order valence-corrected chi connectivity index (χ0v) is 11.0. The van der Waals surface area contributed by atoms with Crippen LogP contribution in [-0.4, -0.2) is 23.0 Å². The lowest BCUT2D eigenvalue weighted by Crippen LogP contribution is -2.35. The van der Waals surface area contributed by atoms with Gasteiger partial charge >= 0.3 is 5.97 Å². The molecule has 1 aliphatic carbocycles. The van der Waals surface area contributed by atoms with E-state index in [4.69, 9.17) is 9.52 Å². The Balaban J connectivity index is 1.97. The summed E-state index contributed by atoms with van der Waals surface area (Å²) in [6.07, 6.45) is 5.48. The molecule has 1 aromatic rings. The van der Waals surface area contributed by atoms with Crippen LogP contribution in [0.1, 0.15) is 48.7 Å². The topological polar surface area (TPSA) is 79.5 Å². The highest BCUT2D eigenvalue weighted by Crippen LogP contribution is 2.34. The first-order chi connectivity index (χ1) is 9.10. The minimum Gasteiger partial charge on any atom is -0.481 e. The molecular formula is C14H19NO4. The Morgan fingerprint density at radius 3 is 2.84 bits per heavy atom. The molecule has 0 aromatic carbocycles. The van der Waals surface area contributed by atoms with E-state index in [9.17, 15) is 9.59 Å². The molecule has 1 heterocycles. The summed E-state index contributed by atoms with van der Waals surface area (Å²) in [7, 11) is 0. The number of furan rings is 1. The zero-order valence-electron chi connectivity index (χ0n) is 11.0. The lowest BCUT2D eigenvalue weighted by atomic mass is 10.1. The van der Waals surface area contributed by atoms with Crippen LogP contribution in [0.25, 0.3) is 0 Å². The maximum Gasteiger partial charge on any atom is 0.311 e. The Bertz CT molecular complexity index is 462. The molecule has 1 amide bonds. The Morgan fingerprint density at radius 1 is 1.53 bits per heavy atom. The van der Waals surface area contributed by atoms with Gasteiger partial charge in [0.2, 0.25) is 0 Å². The third-order valence-corrected chi connectivity index (χ3v) is 3.44. The molecule has 1 aliphatic rings. The molecule has 1 aromatic heterocycles. The third kappa shape index (κ3) is 3.84. The van der Waals surface area contributed by atoms with E-state index in [2.05, 4.69) is 5.32 Å². The monoisotopic (exact) mass is 265 g/mol. The second-order valence-corrected chi connectivity index (χ2v) is 5.09. The van der Waals surface area contributed by atoms with Gasteiger partial charge < -0.3 is 14.8 Å². The summed E-state index contributed by atoms with van der Waals surface area (Å²) in [6.45, 7) is 2.04. The third-order valence-electron chi connectivity index (χ3n) is 3.44. The molecule has 2 N–H and O–H groups in total. The van der Waals surface area contributed by atoms with Crippen LogP contribution < -0.4 is 5.32 Å². The molecule has 5 heteroatoms. The molecule has 5 nitrogen and oxygen atoms in total. The molecule has 19 heavy (non-hydrogen) atoms. The smallest absolute Gasteiger partial charge is 0.311 e. The van der Waals surface area contributed by atoms with Gasteiger partial charge in [0.05, 0.1) is 11.8 Å². The molecule has 0 spiro atoms. The SMILES string of the molecule is CCC(CC1CC1)NC(=O)c1ccoc1CC(=O)O. The molecule has 1 saturated carbocycles. The highest BCUT2D eigenvalue weighted by Gasteiger charge is 2.26. The van der Waals surface area contributed by atoms with E-state index < -0.39 is 5.97 Å². The Kier molecular flexibility index (Phi) is 4.24. The van der Waals surface area contributed by atoms with Crippen LogP contribution in [0.5, 0.6) is 0 Å². The lowest BCUT2D eigenvalue weighted by Gasteiger charge is -2.16. The summed E-state index contributed by atoms with van der Waals surface area (Å²) in [5, 5.41) is 11.7. The van der Waals surface area contributed by atoms with Gasteiger partial charge in [0.25, 0.3) is 5.91 Å². The molecule has 0 saturated heterocycles. The number of amides is 1. The van der Waals surface area contributed by atoms with Crippen molar-refractivity contribution in [1.82, 2.24) is 5.32 Å². The van der Waals surface area contributed by atoms with Crippen molar-refractivity contribution in [3.05, 3.63) is 23.7 Å². The number of rotatable bonds is 7. The summed E-state index contributed by atoms with van der Waals surface area (Å²) >= 11 is 0. The second kappa shape index (κ2) is 5.91. The van der Waals surface area contributed by atoms with Crippen LogP contribution in [-0.2, 0) is 11.2 Å². The van der Waals surface area contributed by atoms with Crippen LogP contribution in [0.4, 0.5) is 0 Å². The van der Waals surface area contributed by atoms with E-state index in [1.165, 1.54) is 25.2 Å². The van der Waals surface area contributed by atoms with Gasteiger partial charge in [0.1, 0.15) is 12.2 Å². The van der Waals surface area contributed by atoms with Gasteiger partial charge in [-0.1, -0.05) is 19.8 Å². The molecule has 0 bridgehead atoms. The maximum absolute atomic E-state index is 12.1. The van der Waals surface area contributed by atoms with E-state index in [-0.39, 0.29) is 24.1 Å². The van der Waals surface area contributed by atoms with Crippen molar-refractivity contribution >= 4 is 11.9 Å². The normalized spacial score (nSPS) is 16.1. The summed E-state index contributed by atoms with van der Waals surface area (Å²) in [4.78, 5) is 22.8. The molecule has 0 radical (unpaired) electrons. The molecule has 104 valence electrons. The number of hydrogen-bond acceptors (Lipinski definition) is 3. The minimum atomic E-state index is -1.01. The molecule has 2 rings (SSSR count). The average Bonchev–Trinajstić information content (AvgIpc) is 3.05. The Hall–Kier alpha value is -1.78. The number of carboxylic acids is 1. The standard InChI is InChI=1S/C14H19NO4/c1-2-10(7-9-3-4-9)15-14(18)11-5-6-19-12(11)8-13(16)17/h5-6,9-10H,2-4,7-8H2,1H3,(H,15,18)(H,16,17). The Morgan fingerprint density at radius 2 is 2.26 bits per heavy atom. The number of hydrogen-bond donors (Lipinski definition) is 2. The largest absolute Gasteiger partial charge is 0.481 e. The van der Waals surface area contributed by atoms with E-state index in [1.54, 1.807) is 0 Å². The fraction of sp³-hybridized carbons (Fsp3) is 0.571. The van der Waals surface area contributed by atoms with Crippen molar-refractivity contribution < 1.29 is 19.1 Å². The average molecular weight is 265 g/mol. The van der Waals surface area contributed by atoms with Crippen LogP contribution in [0.2, 0.25) is 0 Å². The van der Waals surface area contributed by atoms with Crippen LogP contribution in [0.3, 0.4) is 0 Å². The first-order valence-electron chi connectivity index (χ1n) is 6.69. The summed E-state index contributed by atoms with van der Waals surface area (Å²) < 4.78 is 5.06. The predicted octanol–water partition coefficient (Wildman–Crippen LogP) is 2.22. The lowest BCUT2D eigenvalue weighted by molar-refractivity contribution is -0.136. The first kappa shape index (κ1) is 13.6. The van der Waals surface area contributed by atoms with Crippen LogP contribution in [0, 0.1) is 5.92 Å². The number of carboxylic acid groups (broad SMARTS) is 1. The maximum atomic E-state index is 12.1. The van der Waals surface area contributed by atoms with Gasteiger partial charge in [0, 0.05) is 6.04 Å². The van der Waals surface area contributed by atoms with Gasteiger partial charge in [-0.25, -0.2) is 0 Å². The van der Waals surface area contributed by atoms with E-state index in [0.29, 0.717) is 5.56 Å². The molecule has 1 unspecified atom stereocenters. The zero-order chi connectivity index (χ0) is 13.8. The summed E-state index contributed by atoms with van der Waals surface area (Å²) in [6, 6.07) is 1.69. The van der Waals surface area contributed by atoms with Crippen molar-refractivity contribution in [3.8, 4) is 0 Å². The predicted molar refractivity (Wildman–Crippen MR) is 68.9 cm³/mol. The van der Waals surface area contributed by atoms with E-state index in [1.807, 2.05) is 6.92 Å². The highest BCUT2D eigenvalue weighted by molar-refractivity contribution is 5.96. The molecule has 0 aliphatic heterocycles. The van der Waals surface area contributed by atoms with Gasteiger partial charge in [-0.15, -0.1) is 0 Å². The molecule has 1 fully saturated rings. The Labute approximate surface area is 112 Å². The minimum absolute atomic E-state index is 0.160. The van der Waals surface area contributed by atoms with Crippen molar-refractivity contribution in [2.24, 2.45) is 5.92 Å².